The summed E-state index contributed by atoms with van der Waals surface area (Å²) < 4.78 is 26.6. The Balaban J connectivity index is 0.00000261. The van der Waals surface area contributed by atoms with Gasteiger partial charge >= 0.3 is 0 Å². The van der Waals surface area contributed by atoms with Gasteiger partial charge in [-0.1, -0.05) is 19.4 Å². The molecule has 8 heteroatoms. The number of carbonyl (C=O) groups excluding carboxylic acids is 1. The lowest BCUT2D eigenvalue weighted by Crippen LogP contribution is -2.47. The minimum atomic E-state index is -3.37. The highest BCUT2D eigenvalue weighted by Gasteiger charge is 2.39. The van der Waals surface area contributed by atoms with Crippen molar-refractivity contribution in [1.29, 1.82) is 0 Å². The van der Waals surface area contributed by atoms with Crippen molar-refractivity contribution in [3.63, 3.8) is 0 Å². The van der Waals surface area contributed by atoms with Crippen LogP contribution in [0.2, 0.25) is 0 Å². The van der Waals surface area contributed by atoms with Crippen molar-refractivity contribution in [2.45, 2.75) is 64.0 Å². The third-order valence-corrected chi connectivity index (χ3v) is 7.37. The average Bonchev–Trinajstić information content (AvgIpc) is 3.11. The number of nitrogen functional groups attached to an aromatic ring is 1. The zero-order valence-electron chi connectivity index (χ0n) is 15.8. The van der Waals surface area contributed by atoms with E-state index in [9.17, 15) is 13.2 Å². The van der Waals surface area contributed by atoms with Gasteiger partial charge in [0.05, 0.1) is 11.8 Å². The van der Waals surface area contributed by atoms with Crippen LogP contribution >= 0.6 is 12.4 Å². The minimum Gasteiger partial charge on any atom is -0.399 e. The van der Waals surface area contributed by atoms with E-state index in [4.69, 9.17) is 5.73 Å². The first-order valence-electron chi connectivity index (χ1n) is 9.60. The van der Waals surface area contributed by atoms with Crippen molar-refractivity contribution in [1.82, 2.24) is 9.62 Å². The molecule has 1 fully saturated rings. The summed E-state index contributed by atoms with van der Waals surface area (Å²) in [5, 5.41) is 3.11. The van der Waals surface area contributed by atoms with Gasteiger partial charge in [-0.05, 0) is 61.8 Å². The van der Waals surface area contributed by atoms with Crippen LogP contribution in [-0.4, -0.2) is 37.0 Å². The predicted molar refractivity (Wildman–Crippen MR) is 110 cm³/mol. The Morgan fingerprint density at radius 1 is 1.30 bits per heavy atom. The van der Waals surface area contributed by atoms with Gasteiger partial charge in [0.2, 0.25) is 15.9 Å². The van der Waals surface area contributed by atoms with Crippen molar-refractivity contribution in [3.8, 4) is 0 Å². The number of carbonyl (C=O) groups is 1. The quantitative estimate of drug-likeness (QED) is 0.698. The molecule has 0 radical (unpaired) electrons. The second kappa shape index (κ2) is 9.26. The number of rotatable bonds is 6. The third kappa shape index (κ3) is 4.95. The number of nitrogens with two attached hydrogens (primary N) is 1. The number of hydrogen-bond acceptors (Lipinski definition) is 4. The Morgan fingerprint density at radius 2 is 2.07 bits per heavy atom. The number of sulfonamides is 1. The largest absolute Gasteiger partial charge is 0.399 e. The van der Waals surface area contributed by atoms with Crippen LogP contribution in [0.25, 0.3) is 0 Å². The summed E-state index contributed by atoms with van der Waals surface area (Å²) in [7, 11) is -3.37. The van der Waals surface area contributed by atoms with E-state index in [-0.39, 0.29) is 30.1 Å². The number of unbranched alkanes of at least 4 members (excludes halogenated alkanes) is 1. The molecule has 0 saturated carbocycles. The highest BCUT2D eigenvalue weighted by molar-refractivity contribution is 7.89. The van der Waals surface area contributed by atoms with Gasteiger partial charge in [0.1, 0.15) is 6.04 Å². The number of anilines is 1. The van der Waals surface area contributed by atoms with Crippen LogP contribution in [0.1, 0.15) is 62.6 Å². The van der Waals surface area contributed by atoms with Crippen molar-refractivity contribution in [2.75, 3.05) is 18.0 Å². The second-order valence-electron chi connectivity index (χ2n) is 7.35. The Morgan fingerprint density at radius 3 is 2.81 bits per heavy atom. The molecular formula is C19H30ClN3O3S. The van der Waals surface area contributed by atoms with Gasteiger partial charge in [-0.15, -0.1) is 12.4 Å². The topological polar surface area (TPSA) is 92.5 Å². The van der Waals surface area contributed by atoms with Crippen molar-refractivity contribution < 1.29 is 13.2 Å². The Kier molecular flexibility index (Phi) is 7.54. The fraction of sp³-hybridized carbons (Fsp3) is 0.632. The molecular weight excluding hydrogens is 386 g/mol. The molecule has 1 aromatic carbocycles. The number of aryl methyl sites for hydroxylation is 1. The smallest absolute Gasteiger partial charge is 0.238 e. The van der Waals surface area contributed by atoms with Crippen LogP contribution in [0, 0.1) is 0 Å². The number of halogens is 1. The van der Waals surface area contributed by atoms with Gasteiger partial charge in [-0.25, -0.2) is 8.42 Å². The summed E-state index contributed by atoms with van der Waals surface area (Å²) in [5.41, 5.74) is 8.90. The molecule has 1 aliphatic heterocycles. The van der Waals surface area contributed by atoms with Crippen LogP contribution in [0.3, 0.4) is 0 Å². The maximum Gasteiger partial charge on any atom is 0.238 e. The van der Waals surface area contributed by atoms with E-state index >= 15 is 0 Å². The van der Waals surface area contributed by atoms with Gasteiger partial charge in [0, 0.05) is 12.2 Å². The Hall–Kier alpha value is -1.31. The number of fused-ring (bicyclic) bond motifs is 1. The standard InChI is InChI=1S/C19H29N3O3S.ClH/c1-2-3-12-26(24,25)22-11-5-8-18(22)19(23)21-17-7-4-6-14-13-15(20)9-10-16(14)17;/h9-10,13,17-18H,2-8,11-12,20H2,1H3,(H,21,23);1H. The molecule has 3 rings (SSSR count). The molecule has 0 aromatic heterocycles. The number of nitrogens with zero attached hydrogens (tertiary/aromatic N) is 1. The van der Waals surface area contributed by atoms with Gasteiger partial charge in [-0.2, -0.15) is 4.31 Å². The number of hydrogen-bond donors (Lipinski definition) is 2. The average molecular weight is 416 g/mol. The van der Waals surface area contributed by atoms with E-state index in [0.717, 1.165) is 43.4 Å². The molecule has 0 bridgehead atoms. The first kappa shape index (κ1) is 22.0. The monoisotopic (exact) mass is 415 g/mol. The maximum absolute atomic E-state index is 12.9. The summed E-state index contributed by atoms with van der Waals surface area (Å²) in [6.45, 7) is 2.42. The summed E-state index contributed by atoms with van der Waals surface area (Å²) in [5.74, 6) is -0.0454. The summed E-state index contributed by atoms with van der Waals surface area (Å²) in [4.78, 5) is 12.9. The van der Waals surface area contributed by atoms with Gasteiger partial charge < -0.3 is 11.1 Å². The van der Waals surface area contributed by atoms with E-state index in [1.807, 2.05) is 25.1 Å². The molecule has 3 N–H and O–H groups in total. The lowest BCUT2D eigenvalue weighted by Gasteiger charge is -2.29. The summed E-state index contributed by atoms with van der Waals surface area (Å²) >= 11 is 0. The third-order valence-electron chi connectivity index (χ3n) is 5.42. The molecule has 2 unspecified atom stereocenters. The van der Waals surface area contributed by atoms with Crippen molar-refractivity contribution in [3.05, 3.63) is 29.3 Å². The van der Waals surface area contributed by atoms with Crippen LogP contribution in [-0.2, 0) is 21.2 Å². The van der Waals surface area contributed by atoms with Crippen molar-refractivity contribution in [2.24, 2.45) is 0 Å². The SMILES string of the molecule is CCCCS(=O)(=O)N1CCCC1C(=O)NC1CCCc2cc(N)ccc21.Cl. The van der Waals surface area contributed by atoms with E-state index in [2.05, 4.69) is 5.32 Å². The lowest BCUT2D eigenvalue weighted by molar-refractivity contribution is -0.125. The molecule has 1 saturated heterocycles. The second-order valence-corrected chi connectivity index (χ2v) is 9.39. The normalized spacial score (nSPS) is 22.7. The molecule has 6 nitrogen and oxygen atoms in total. The zero-order valence-corrected chi connectivity index (χ0v) is 17.4. The summed E-state index contributed by atoms with van der Waals surface area (Å²) in [6.07, 6.45) is 5.62. The van der Waals surface area contributed by atoms with Crippen LogP contribution < -0.4 is 11.1 Å². The predicted octanol–water partition coefficient (Wildman–Crippen LogP) is 2.78. The zero-order chi connectivity index (χ0) is 18.7. The van der Waals surface area contributed by atoms with Crippen molar-refractivity contribution >= 4 is 34.0 Å². The molecule has 27 heavy (non-hydrogen) atoms. The van der Waals surface area contributed by atoms with E-state index in [1.54, 1.807) is 0 Å². The van der Waals surface area contributed by atoms with Gasteiger partial charge in [0.25, 0.3) is 0 Å². The molecule has 1 heterocycles. The van der Waals surface area contributed by atoms with Crippen LogP contribution in [0.15, 0.2) is 18.2 Å². The molecule has 1 aromatic rings. The summed E-state index contributed by atoms with van der Waals surface area (Å²) in [6, 6.07) is 5.19. The van der Waals surface area contributed by atoms with E-state index in [1.165, 1.54) is 9.87 Å². The molecule has 1 amide bonds. The van der Waals surface area contributed by atoms with E-state index < -0.39 is 16.1 Å². The maximum atomic E-state index is 12.9. The lowest BCUT2D eigenvalue weighted by atomic mass is 9.87. The molecule has 2 aliphatic rings. The van der Waals surface area contributed by atoms with Crippen LogP contribution in [0.4, 0.5) is 5.69 Å². The molecule has 0 spiro atoms. The first-order chi connectivity index (χ1) is 12.4. The fourth-order valence-corrected chi connectivity index (χ4v) is 5.92. The van der Waals surface area contributed by atoms with Gasteiger partial charge in [0.15, 0.2) is 0 Å². The highest BCUT2D eigenvalue weighted by atomic mass is 35.5. The first-order valence-corrected chi connectivity index (χ1v) is 11.2. The Bertz CT molecular complexity index is 769. The van der Waals surface area contributed by atoms with Crippen LogP contribution in [0.5, 0.6) is 0 Å². The highest BCUT2D eigenvalue weighted by Crippen LogP contribution is 2.32. The fourth-order valence-electron chi connectivity index (χ4n) is 4.03. The molecule has 1 aliphatic carbocycles. The van der Waals surface area contributed by atoms with E-state index in [0.29, 0.717) is 19.4 Å². The van der Waals surface area contributed by atoms with Gasteiger partial charge in [-0.3, -0.25) is 4.79 Å². The number of amides is 1. The number of nitrogens with one attached hydrogen (secondary N) is 1. The number of benzene rings is 1. The molecule has 2 atom stereocenters. The minimum absolute atomic E-state index is 0. The Labute approximate surface area is 168 Å². The molecule has 152 valence electrons.